The number of ether oxygens (including phenoxy) is 5. The van der Waals surface area contributed by atoms with E-state index >= 15 is 0 Å². The maximum atomic E-state index is 14.1. The molecule has 0 amide bonds. The Morgan fingerprint density at radius 2 is 1.67 bits per heavy atom. The Kier molecular flexibility index (Phi) is 9.95. The molecule has 11 heteroatoms. The van der Waals surface area contributed by atoms with Gasteiger partial charge < -0.3 is 23.7 Å². The van der Waals surface area contributed by atoms with Crippen LogP contribution in [0.15, 0.2) is 81.7 Å². The van der Waals surface area contributed by atoms with Gasteiger partial charge in [0.15, 0.2) is 27.8 Å². The number of rotatable bonds is 11. The normalized spacial score (nSPS) is 14.4. The highest BCUT2D eigenvalue weighted by atomic mass is 35.5. The number of aromatic nitrogens is 1. The van der Waals surface area contributed by atoms with Crippen molar-refractivity contribution in [2.45, 2.75) is 33.4 Å². The molecule has 4 aromatic rings. The standard InChI is InChI=1S/C34H33ClN2O7S/c1-6-42-28-18-23(11-15-25(28)40-4)31-30(33(39)43-7-2)20(3)36-34-37(31)32(38)29(45-34)17-22-10-14-26(27(16-22)41-5)44-19-21-8-12-24(35)13-9-21/h8-18,31H,6-7,19H2,1-5H3/b29-17-/t31-/m1/s1. The first kappa shape index (κ1) is 31.9. The Balaban J connectivity index is 1.57. The van der Waals surface area contributed by atoms with Crippen molar-refractivity contribution in [3.8, 4) is 23.0 Å². The zero-order chi connectivity index (χ0) is 32.1. The van der Waals surface area contributed by atoms with Gasteiger partial charge in [-0.25, -0.2) is 9.79 Å². The summed E-state index contributed by atoms with van der Waals surface area (Å²) >= 11 is 7.23. The molecule has 0 saturated carbocycles. The fraction of sp³-hybridized carbons (Fsp3) is 0.265. The number of allylic oxidation sites excluding steroid dienone is 1. The van der Waals surface area contributed by atoms with Crippen LogP contribution in [0.25, 0.3) is 6.08 Å². The molecule has 0 spiro atoms. The first-order valence-electron chi connectivity index (χ1n) is 14.3. The van der Waals surface area contributed by atoms with Gasteiger partial charge in [0.05, 0.1) is 49.3 Å². The van der Waals surface area contributed by atoms with Gasteiger partial charge in [-0.15, -0.1) is 0 Å². The van der Waals surface area contributed by atoms with Crippen molar-refractivity contribution < 1.29 is 28.5 Å². The lowest BCUT2D eigenvalue weighted by Gasteiger charge is -2.25. The largest absolute Gasteiger partial charge is 0.493 e. The fourth-order valence-electron chi connectivity index (χ4n) is 5.02. The third-order valence-electron chi connectivity index (χ3n) is 7.11. The molecule has 0 bridgehead atoms. The van der Waals surface area contributed by atoms with Crippen LogP contribution in [0.2, 0.25) is 5.02 Å². The van der Waals surface area contributed by atoms with E-state index in [4.69, 9.17) is 35.3 Å². The molecular formula is C34H33ClN2O7S. The van der Waals surface area contributed by atoms with E-state index in [-0.39, 0.29) is 17.7 Å². The average molecular weight is 649 g/mol. The number of halogens is 1. The first-order valence-corrected chi connectivity index (χ1v) is 15.5. The summed E-state index contributed by atoms with van der Waals surface area (Å²) in [7, 11) is 3.12. The van der Waals surface area contributed by atoms with Crippen molar-refractivity contribution >= 4 is 35.0 Å². The van der Waals surface area contributed by atoms with Crippen molar-refractivity contribution in [2.24, 2.45) is 4.99 Å². The van der Waals surface area contributed by atoms with Crippen molar-refractivity contribution in [3.63, 3.8) is 0 Å². The average Bonchev–Trinajstić information content (AvgIpc) is 3.34. The van der Waals surface area contributed by atoms with Crippen LogP contribution in [-0.2, 0) is 16.1 Å². The van der Waals surface area contributed by atoms with Crippen LogP contribution >= 0.6 is 22.9 Å². The summed E-state index contributed by atoms with van der Waals surface area (Å²) in [5.41, 5.74) is 2.82. The highest BCUT2D eigenvalue weighted by Gasteiger charge is 2.34. The number of methoxy groups -OCH3 is 2. The van der Waals surface area contributed by atoms with Gasteiger partial charge in [0, 0.05) is 5.02 Å². The van der Waals surface area contributed by atoms with Gasteiger partial charge in [0.2, 0.25) is 0 Å². The molecule has 1 aliphatic rings. The van der Waals surface area contributed by atoms with E-state index in [1.807, 2.05) is 43.3 Å². The van der Waals surface area contributed by atoms with Crippen LogP contribution in [0.4, 0.5) is 0 Å². The van der Waals surface area contributed by atoms with E-state index in [9.17, 15) is 9.59 Å². The van der Waals surface area contributed by atoms with Crippen LogP contribution in [0.3, 0.4) is 0 Å². The SMILES string of the molecule is CCOC(=O)C1=C(C)N=c2s/c(=C\c3ccc(OCc4ccc(Cl)cc4)c(OC)c3)c(=O)n2[C@@H]1c1ccc(OC)c(OCC)c1. The van der Waals surface area contributed by atoms with Gasteiger partial charge in [-0.2, -0.15) is 0 Å². The number of hydrogen-bond donors (Lipinski definition) is 0. The summed E-state index contributed by atoms with van der Waals surface area (Å²) < 4.78 is 30.3. The minimum absolute atomic E-state index is 0.181. The minimum Gasteiger partial charge on any atom is -0.493 e. The molecule has 2 heterocycles. The monoisotopic (exact) mass is 648 g/mol. The lowest BCUT2D eigenvalue weighted by molar-refractivity contribution is -0.139. The van der Waals surface area contributed by atoms with Gasteiger partial charge >= 0.3 is 5.97 Å². The van der Waals surface area contributed by atoms with E-state index in [1.54, 1.807) is 58.4 Å². The van der Waals surface area contributed by atoms with Crippen molar-refractivity contribution in [1.29, 1.82) is 0 Å². The lowest BCUT2D eigenvalue weighted by atomic mass is 9.95. The molecule has 5 rings (SSSR count). The van der Waals surface area contributed by atoms with Crippen LogP contribution in [-0.4, -0.2) is 38.0 Å². The molecule has 3 aromatic carbocycles. The van der Waals surface area contributed by atoms with Crippen molar-refractivity contribution in [2.75, 3.05) is 27.4 Å². The second kappa shape index (κ2) is 14.0. The highest BCUT2D eigenvalue weighted by molar-refractivity contribution is 7.07. The molecule has 0 N–H and O–H groups in total. The summed E-state index contributed by atoms with van der Waals surface area (Å²) in [6.45, 7) is 6.29. The minimum atomic E-state index is -0.786. The smallest absolute Gasteiger partial charge is 0.338 e. The predicted octanol–water partition coefficient (Wildman–Crippen LogP) is 5.45. The second-order valence-electron chi connectivity index (χ2n) is 9.97. The third-order valence-corrected chi connectivity index (χ3v) is 8.35. The summed E-state index contributed by atoms with van der Waals surface area (Å²) in [4.78, 5) is 32.4. The number of hydrogen-bond acceptors (Lipinski definition) is 9. The van der Waals surface area contributed by atoms with Gasteiger partial charge in [-0.3, -0.25) is 9.36 Å². The Morgan fingerprint density at radius 3 is 2.36 bits per heavy atom. The topological polar surface area (TPSA) is 97.6 Å². The number of thiazole rings is 1. The summed E-state index contributed by atoms with van der Waals surface area (Å²) in [6.07, 6.45) is 1.77. The number of nitrogens with zero attached hydrogens (tertiary/aromatic N) is 2. The molecule has 1 aromatic heterocycles. The summed E-state index contributed by atoms with van der Waals surface area (Å²) in [6, 6.07) is 17.4. The molecule has 0 fully saturated rings. The van der Waals surface area contributed by atoms with Crippen LogP contribution in [0.1, 0.15) is 43.5 Å². The third kappa shape index (κ3) is 6.77. The molecule has 0 aliphatic carbocycles. The highest BCUT2D eigenvalue weighted by Crippen LogP contribution is 2.36. The van der Waals surface area contributed by atoms with E-state index < -0.39 is 12.0 Å². The molecule has 0 saturated heterocycles. The molecular weight excluding hydrogens is 616 g/mol. The van der Waals surface area contributed by atoms with Crippen LogP contribution < -0.4 is 33.8 Å². The van der Waals surface area contributed by atoms with Crippen molar-refractivity contribution in [1.82, 2.24) is 4.57 Å². The van der Waals surface area contributed by atoms with E-state index in [2.05, 4.69) is 4.99 Å². The zero-order valence-corrected chi connectivity index (χ0v) is 27.2. The predicted molar refractivity (Wildman–Crippen MR) is 173 cm³/mol. The molecule has 45 heavy (non-hydrogen) atoms. The summed E-state index contributed by atoms with van der Waals surface area (Å²) in [5, 5.41) is 0.656. The number of esters is 1. The van der Waals surface area contributed by atoms with Crippen LogP contribution in [0.5, 0.6) is 23.0 Å². The molecule has 9 nitrogen and oxygen atoms in total. The molecule has 0 radical (unpaired) electrons. The molecule has 1 atom stereocenters. The molecule has 0 unspecified atom stereocenters. The van der Waals surface area contributed by atoms with E-state index in [1.165, 1.54) is 15.9 Å². The Morgan fingerprint density at radius 1 is 0.933 bits per heavy atom. The molecule has 1 aliphatic heterocycles. The molecule has 234 valence electrons. The number of carbonyl (C=O) groups excluding carboxylic acids is 1. The van der Waals surface area contributed by atoms with Gasteiger partial charge in [0.25, 0.3) is 5.56 Å². The summed E-state index contributed by atoms with van der Waals surface area (Å²) in [5.74, 6) is 1.59. The van der Waals surface area contributed by atoms with Gasteiger partial charge in [-0.05, 0) is 79.9 Å². The van der Waals surface area contributed by atoms with Gasteiger partial charge in [0.1, 0.15) is 6.61 Å². The lowest BCUT2D eigenvalue weighted by Crippen LogP contribution is -2.40. The van der Waals surface area contributed by atoms with E-state index in [0.717, 1.165) is 11.1 Å². The fourth-order valence-corrected chi connectivity index (χ4v) is 6.20. The zero-order valence-electron chi connectivity index (χ0n) is 25.6. The first-order chi connectivity index (χ1) is 21.8. The Labute approximate surface area is 269 Å². The maximum Gasteiger partial charge on any atom is 0.338 e. The maximum absolute atomic E-state index is 14.1. The number of carbonyl (C=O) groups is 1. The number of benzene rings is 3. The Bertz CT molecular complexity index is 1930. The second-order valence-corrected chi connectivity index (χ2v) is 11.4. The van der Waals surface area contributed by atoms with Gasteiger partial charge in [-0.1, -0.05) is 47.2 Å². The Hall–Kier alpha value is -4.54. The van der Waals surface area contributed by atoms with Crippen LogP contribution in [0, 0.1) is 0 Å². The van der Waals surface area contributed by atoms with E-state index in [0.29, 0.717) is 61.8 Å². The number of fused-ring (bicyclic) bond motifs is 1. The quantitative estimate of drug-likeness (QED) is 0.200. The van der Waals surface area contributed by atoms with Crippen molar-refractivity contribution in [3.05, 3.63) is 113 Å².